The molecule has 0 amide bonds. The average molecular weight is 266 g/mol. The molecule has 0 saturated heterocycles. The second-order valence-electron chi connectivity index (χ2n) is 3.93. The molecule has 0 spiro atoms. The van der Waals surface area contributed by atoms with Gasteiger partial charge in [0.2, 0.25) is 0 Å². The Morgan fingerprint density at radius 1 is 1.56 bits per heavy atom. The Kier molecular flexibility index (Phi) is 3.33. The summed E-state index contributed by atoms with van der Waals surface area (Å²) in [5.74, 6) is -0.483. The molecule has 0 aliphatic heterocycles. The summed E-state index contributed by atoms with van der Waals surface area (Å²) < 4.78 is 6.60. The normalized spacial score (nSPS) is 10.6. The number of hydrogen-bond acceptors (Lipinski definition) is 6. The molecule has 2 rings (SSSR count). The van der Waals surface area contributed by atoms with Gasteiger partial charge >= 0.3 is 5.97 Å². The number of thiazole rings is 1. The van der Waals surface area contributed by atoms with Crippen molar-refractivity contribution in [2.45, 2.75) is 20.5 Å². The van der Waals surface area contributed by atoms with Crippen molar-refractivity contribution in [3.63, 3.8) is 0 Å². The summed E-state index contributed by atoms with van der Waals surface area (Å²) in [4.78, 5) is 16.1. The summed E-state index contributed by atoms with van der Waals surface area (Å²) >= 11 is 1.46. The highest BCUT2D eigenvalue weighted by Crippen LogP contribution is 2.17. The number of nitrogen functional groups attached to an aromatic ring is 1. The van der Waals surface area contributed by atoms with E-state index in [0.717, 1.165) is 10.7 Å². The van der Waals surface area contributed by atoms with E-state index in [1.54, 1.807) is 14.0 Å². The molecule has 2 N–H and O–H groups in total. The first-order valence-electron chi connectivity index (χ1n) is 5.36. The zero-order valence-corrected chi connectivity index (χ0v) is 11.2. The van der Waals surface area contributed by atoms with Gasteiger partial charge in [-0.2, -0.15) is 5.10 Å². The van der Waals surface area contributed by atoms with Crippen LogP contribution in [0.15, 0.2) is 5.38 Å². The number of esters is 1. The maximum absolute atomic E-state index is 11.9. The molecule has 0 bridgehead atoms. The van der Waals surface area contributed by atoms with Crippen LogP contribution in [-0.4, -0.2) is 20.7 Å². The number of carbonyl (C=O) groups is 1. The highest BCUT2D eigenvalue weighted by molar-refractivity contribution is 7.09. The number of nitrogens with two attached hydrogens (primary N) is 1. The van der Waals surface area contributed by atoms with Crippen LogP contribution in [-0.2, 0) is 18.4 Å². The molecule has 2 heterocycles. The maximum atomic E-state index is 11.9. The fourth-order valence-electron chi connectivity index (χ4n) is 1.58. The minimum atomic E-state index is -0.483. The number of rotatable bonds is 3. The summed E-state index contributed by atoms with van der Waals surface area (Å²) in [5.41, 5.74) is 7.96. The molecule has 7 heteroatoms. The Morgan fingerprint density at radius 3 is 2.78 bits per heavy atom. The van der Waals surface area contributed by atoms with Crippen molar-refractivity contribution in [2.75, 3.05) is 5.73 Å². The van der Waals surface area contributed by atoms with E-state index in [-0.39, 0.29) is 12.3 Å². The molecule has 2 aromatic heterocycles. The predicted molar refractivity (Wildman–Crippen MR) is 68.3 cm³/mol. The van der Waals surface area contributed by atoms with Crippen LogP contribution in [0.3, 0.4) is 0 Å². The number of nitrogens with zero attached hydrogens (tertiary/aromatic N) is 3. The fourth-order valence-corrected chi connectivity index (χ4v) is 2.26. The molecule has 0 saturated carbocycles. The molecule has 6 nitrogen and oxygen atoms in total. The van der Waals surface area contributed by atoms with Gasteiger partial charge in [-0.3, -0.25) is 4.68 Å². The van der Waals surface area contributed by atoms with Crippen molar-refractivity contribution in [1.29, 1.82) is 0 Å². The van der Waals surface area contributed by atoms with Crippen molar-refractivity contribution < 1.29 is 9.53 Å². The SMILES string of the molecule is Cc1csc(COC(=O)c2c(N)c(C)nn2C)n1. The third-order valence-electron chi connectivity index (χ3n) is 2.46. The van der Waals surface area contributed by atoms with Gasteiger partial charge in [-0.1, -0.05) is 0 Å². The van der Waals surface area contributed by atoms with Crippen LogP contribution in [0.25, 0.3) is 0 Å². The number of ether oxygens (including phenoxy) is 1. The molecule has 96 valence electrons. The quantitative estimate of drug-likeness (QED) is 0.850. The molecule has 0 atom stereocenters. The fraction of sp³-hybridized carbons (Fsp3) is 0.364. The Morgan fingerprint density at radius 2 is 2.28 bits per heavy atom. The van der Waals surface area contributed by atoms with E-state index in [2.05, 4.69) is 10.1 Å². The van der Waals surface area contributed by atoms with Gasteiger partial charge in [-0.15, -0.1) is 11.3 Å². The van der Waals surface area contributed by atoms with Crippen molar-refractivity contribution in [1.82, 2.24) is 14.8 Å². The summed E-state index contributed by atoms with van der Waals surface area (Å²) in [6, 6.07) is 0. The van der Waals surface area contributed by atoms with Crippen LogP contribution in [0.4, 0.5) is 5.69 Å². The Hall–Kier alpha value is -1.89. The monoisotopic (exact) mass is 266 g/mol. The molecule has 0 aliphatic carbocycles. The van der Waals surface area contributed by atoms with Crippen LogP contribution in [0.5, 0.6) is 0 Å². The molecule has 0 aliphatic rings. The van der Waals surface area contributed by atoms with Gasteiger partial charge in [-0.25, -0.2) is 9.78 Å². The second-order valence-corrected chi connectivity index (χ2v) is 4.87. The van der Waals surface area contributed by atoms with E-state index in [0.29, 0.717) is 11.4 Å². The van der Waals surface area contributed by atoms with Crippen molar-refractivity contribution in [3.05, 3.63) is 27.5 Å². The molecule has 2 aromatic rings. The molecular formula is C11H14N4O2S. The molecule has 0 radical (unpaired) electrons. The van der Waals surface area contributed by atoms with Crippen LogP contribution in [0.2, 0.25) is 0 Å². The number of hydrogen-bond donors (Lipinski definition) is 1. The Bertz CT molecular complexity index is 588. The van der Waals surface area contributed by atoms with E-state index in [1.807, 2.05) is 12.3 Å². The number of aryl methyl sites for hydroxylation is 3. The third-order valence-corrected chi connectivity index (χ3v) is 3.40. The van der Waals surface area contributed by atoms with Gasteiger partial charge in [0.25, 0.3) is 0 Å². The second kappa shape index (κ2) is 4.77. The van der Waals surface area contributed by atoms with Gasteiger partial charge in [0, 0.05) is 18.1 Å². The van der Waals surface area contributed by atoms with Crippen LogP contribution < -0.4 is 5.73 Å². The number of aromatic nitrogens is 3. The van der Waals surface area contributed by atoms with E-state index in [1.165, 1.54) is 16.0 Å². The first-order valence-corrected chi connectivity index (χ1v) is 6.24. The highest BCUT2D eigenvalue weighted by Gasteiger charge is 2.19. The summed E-state index contributed by atoms with van der Waals surface area (Å²) in [6.07, 6.45) is 0. The Labute approximate surface area is 108 Å². The number of anilines is 1. The summed E-state index contributed by atoms with van der Waals surface area (Å²) in [7, 11) is 1.66. The zero-order valence-electron chi connectivity index (χ0n) is 10.4. The lowest BCUT2D eigenvalue weighted by atomic mass is 10.3. The molecule has 0 aromatic carbocycles. The van der Waals surface area contributed by atoms with E-state index in [9.17, 15) is 4.79 Å². The summed E-state index contributed by atoms with van der Waals surface area (Å²) in [5, 5.41) is 6.74. The largest absolute Gasteiger partial charge is 0.454 e. The van der Waals surface area contributed by atoms with Crippen LogP contribution in [0.1, 0.15) is 26.9 Å². The maximum Gasteiger partial charge on any atom is 0.359 e. The van der Waals surface area contributed by atoms with Crippen molar-refractivity contribution in [2.24, 2.45) is 7.05 Å². The minimum Gasteiger partial charge on any atom is -0.454 e. The standard InChI is InChI=1S/C11H14N4O2S/c1-6-5-18-8(13-6)4-17-11(16)10-9(12)7(2)14-15(10)3/h5H,4,12H2,1-3H3. The topological polar surface area (TPSA) is 83.0 Å². The average Bonchev–Trinajstić information content (AvgIpc) is 2.82. The summed E-state index contributed by atoms with van der Waals surface area (Å²) in [6.45, 7) is 3.79. The van der Waals surface area contributed by atoms with Crippen molar-refractivity contribution >= 4 is 23.0 Å². The van der Waals surface area contributed by atoms with Crippen LogP contribution >= 0.6 is 11.3 Å². The molecule has 0 fully saturated rings. The van der Waals surface area contributed by atoms with E-state index in [4.69, 9.17) is 10.5 Å². The van der Waals surface area contributed by atoms with Gasteiger partial charge in [0.05, 0.1) is 11.4 Å². The predicted octanol–water partition coefficient (Wildman–Crippen LogP) is 1.43. The minimum absolute atomic E-state index is 0.154. The van der Waals surface area contributed by atoms with Crippen molar-refractivity contribution in [3.8, 4) is 0 Å². The lowest BCUT2D eigenvalue weighted by Crippen LogP contribution is -2.12. The first kappa shape index (κ1) is 12.6. The zero-order chi connectivity index (χ0) is 13.3. The lowest BCUT2D eigenvalue weighted by Gasteiger charge is -2.03. The van der Waals surface area contributed by atoms with Gasteiger partial charge in [0.15, 0.2) is 5.69 Å². The van der Waals surface area contributed by atoms with Gasteiger partial charge in [-0.05, 0) is 13.8 Å². The highest BCUT2D eigenvalue weighted by atomic mass is 32.1. The number of carbonyl (C=O) groups excluding carboxylic acids is 1. The first-order chi connectivity index (χ1) is 8.49. The van der Waals surface area contributed by atoms with E-state index < -0.39 is 5.97 Å². The van der Waals surface area contributed by atoms with Gasteiger partial charge < -0.3 is 10.5 Å². The van der Waals surface area contributed by atoms with Gasteiger partial charge in [0.1, 0.15) is 11.6 Å². The third kappa shape index (κ3) is 2.35. The van der Waals surface area contributed by atoms with Crippen LogP contribution in [0, 0.1) is 13.8 Å². The lowest BCUT2D eigenvalue weighted by molar-refractivity contribution is 0.0460. The Balaban J connectivity index is 2.08. The molecule has 18 heavy (non-hydrogen) atoms. The smallest absolute Gasteiger partial charge is 0.359 e. The van der Waals surface area contributed by atoms with E-state index >= 15 is 0 Å². The molecular weight excluding hydrogens is 252 g/mol. The molecule has 0 unspecified atom stereocenters.